The number of nitrogens with one attached hydrogen (secondary N) is 2. The van der Waals surface area contributed by atoms with E-state index in [9.17, 15) is 4.79 Å². The Morgan fingerprint density at radius 2 is 2.33 bits per heavy atom. The molecular formula is C11H17N3O. The summed E-state index contributed by atoms with van der Waals surface area (Å²) >= 11 is 0. The molecule has 1 aromatic rings. The molecule has 0 aliphatic rings. The van der Waals surface area contributed by atoms with Gasteiger partial charge >= 0.3 is 0 Å². The summed E-state index contributed by atoms with van der Waals surface area (Å²) < 4.78 is 0. The van der Waals surface area contributed by atoms with E-state index >= 15 is 0 Å². The lowest BCUT2D eigenvalue weighted by Crippen LogP contribution is -2.35. The minimum atomic E-state index is 0.0141. The Morgan fingerprint density at radius 3 is 2.93 bits per heavy atom. The van der Waals surface area contributed by atoms with Crippen molar-refractivity contribution >= 4 is 5.91 Å². The summed E-state index contributed by atoms with van der Waals surface area (Å²) in [6.45, 7) is 4.88. The van der Waals surface area contributed by atoms with E-state index in [0.29, 0.717) is 13.1 Å². The predicted octanol–water partition coefficient (Wildman–Crippen LogP) is 0.868. The van der Waals surface area contributed by atoms with E-state index in [1.807, 2.05) is 32.0 Å². The van der Waals surface area contributed by atoms with Crippen molar-refractivity contribution < 1.29 is 4.79 Å². The van der Waals surface area contributed by atoms with E-state index in [4.69, 9.17) is 0 Å². The van der Waals surface area contributed by atoms with E-state index in [2.05, 4.69) is 15.6 Å². The van der Waals surface area contributed by atoms with Crippen LogP contribution in [0.2, 0.25) is 0 Å². The molecule has 2 N–H and O–H groups in total. The minimum Gasteiger partial charge on any atom is -0.355 e. The third-order valence-corrected chi connectivity index (χ3v) is 2.07. The van der Waals surface area contributed by atoms with Crippen molar-refractivity contribution in [1.82, 2.24) is 15.6 Å². The maximum Gasteiger partial charge on any atom is 0.233 e. The maximum atomic E-state index is 11.2. The van der Waals surface area contributed by atoms with Gasteiger partial charge < -0.3 is 10.6 Å². The first-order chi connectivity index (χ1) is 7.24. The van der Waals surface area contributed by atoms with Crippen LogP contribution in [0, 0.1) is 0 Å². The van der Waals surface area contributed by atoms with Gasteiger partial charge in [0.05, 0.1) is 12.2 Å². The van der Waals surface area contributed by atoms with Crippen LogP contribution in [0.15, 0.2) is 24.4 Å². The molecule has 1 atom stereocenters. The molecule has 0 bridgehead atoms. The number of hydrogen-bond donors (Lipinski definition) is 2. The van der Waals surface area contributed by atoms with Gasteiger partial charge in [0.25, 0.3) is 0 Å². The lowest BCUT2D eigenvalue weighted by Gasteiger charge is -2.12. The van der Waals surface area contributed by atoms with Gasteiger partial charge in [-0.05, 0) is 26.0 Å². The van der Waals surface area contributed by atoms with Crippen molar-refractivity contribution in [3.05, 3.63) is 30.1 Å². The topological polar surface area (TPSA) is 54.0 Å². The van der Waals surface area contributed by atoms with Crippen LogP contribution in [0.5, 0.6) is 0 Å². The lowest BCUT2D eigenvalue weighted by atomic mass is 10.2. The highest BCUT2D eigenvalue weighted by atomic mass is 16.1. The second-order valence-electron chi connectivity index (χ2n) is 3.31. The highest BCUT2D eigenvalue weighted by Gasteiger charge is 2.07. The molecule has 1 amide bonds. The average Bonchev–Trinajstić information content (AvgIpc) is 2.27. The number of aromatic nitrogens is 1. The summed E-state index contributed by atoms with van der Waals surface area (Å²) in [6.07, 6.45) is 1.75. The van der Waals surface area contributed by atoms with Crippen LogP contribution < -0.4 is 10.6 Å². The van der Waals surface area contributed by atoms with E-state index in [-0.39, 0.29) is 11.9 Å². The standard InChI is InChI=1S/C11H17N3O/c1-3-12-11(15)8-14-9(2)10-6-4-5-7-13-10/h4-7,9,14H,3,8H2,1-2H3,(H,12,15). The number of hydrogen-bond acceptors (Lipinski definition) is 3. The second-order valence-corrected chi connectivity index (χ2v) is 3.31. The Kier molecular flexibility index (Phi) is 4.77. The Bertz CT molecular complexity index is 300. The molecule has 4 heteroatoms. The fourth-order valence-corrected chi connectivity index (χ4v) is 1.24. The molecule has 0 radical (unpaired) electrons. The van der Waals surface area contributed by atoms with E-state index in [0.717, 1.165) is 5.69 Å². The van der Waals surface area contributed by atoms with E-state index < -0.39 is 0 Å². The number of likely N-dealkylation sites (N-methyl/N-ethyl adjacent to an activating group) is 1. The first kappa shape index (κ1) is 11.7. The quantitative estimate of drug-likeness (QED) is 0.753. The molecule has 0 saturated carbocycles. The third-order valence-electron chi connectivity index (χ3n) is 2.07. The van der Waals surface area contributed by atoms with Gasteiger partial charge in [0.15, 0.2) is 0 Å². The Hall–Kier alpha value is -1.42. The fraction of sp³-hybridized carbons (Fsp3) is 0.455. The molecule has 1 heterocycles. The smallest absolute Gasteiger partial charge is 0.233 e. The molecule has 0 saturated heterocycles. The van der Waals surface area contributed by atoms with Gasteiger partial charge in [0.1, 0.15) is 0 Å². The molecule has 1 unspecified atom stereocenters. The highest BCUT2D eigenvalue weighted by molar-refractivity contribution is 5.77. The summed E-state index contributed by atoms with van der Waals surface area (Å²) in [7, 11) is 0. The monoisotopic (exact) mass is 207 g/mol. The van der Waals surface area contributed by atoms with Crippen LogP contribution in [-0.2, 0) is 4.79 Å². The molecule has 82 valence electrons. The summed E-state index contributed by atoms with van der Waals surface area (Å²) in [4.78, 5) is 15.4. The molecule has 4 nitrogen and oxygen atoms in total. The zero-order valence-electron chi connectivity index (χ0n) is 9.16. The maximum absolute atomic E-state index is 11.2. The van der Waals surface area contributed by atoms with Gasteiger partial charge in [-0.3, -0.25) is 9.78 Å². The largest absolute Gasteiger partial charge is 0.355 e. The first-order valence-corrected chi connectivity index (χ1v) is 5.15. The van der Waals surface area contributed by atoms with Crippen LogP contribution in [0.3, 0.4) is 0 Å². The number of nitrogens with zero attached hydrogens (tertiary/aromatic N) is 1. The van der Waals surface area contributed by atoms with Crippen molar-refractivity contribution in [1.29, 1.82) is 0 Å². The molecule has 0 aliphatic heterocycles. The lowest BCUT2D eigenvalue weighted by molar-refractivity contribution is -0.120. The van der Waals surface area contributed by atoms with Gasteiger partial charge in [-0.25, -0.2) is 0 Å². The van der Waals surface area contributed by atoms with Gasteiger partial charge in [0.2, 0.25) is 5.91 Å². The van der Waals surface area contributed by atoms with Gasteiger partial charge in [0, 0.05) is 18.8 Å². The number of amides is 1. The summed E-state index contributed by atoms with van der Waals surface area (Å²) in [5.74, 6) is 0.0141. The normalized spacial score (nSPS) is 12.1. The Morgan fingerprint density at radius 1 is 1.53 bits per heavy atom. The molecule has 0 fully saturated rings. The van der Waals surface area contributed by atoms with Crippen LogP contribution >= 0.6 is 0 Å². The van der Waals surface area contributed by atoms with Crippen LogP contribution in [0.25, 0.3) is 0 Å². The molecular weight excluding hydrogens is 190 g/mol. The number of carbonyl (C=O) groups excluding carboxylic acids is 1. The fourth-order valence-electron chi connectivity index (χ4n) is 1.24. The summed E-state index contributed by atoms with van der Waals surface area (Å²) in [5.41, 5.74) is 0.946. The van der Waals surface area contributed by atoms with Crippen molar-refractivity contribution in [2.75, 3.05) is 13.1 Å². The molecule has 0 spiro atoms. The van der Waals surface area contributed by atoms with Crippen molar-refractivity contribution in [3.63, 3.8) is 0 Å². The van der Waals surface area contributed by atoms with Crippen LogP contribution in [0.4, 0.5) is 0 Å². The van der Waals surface area contributed by atoms with Crippen molar-refractivity contribution in [2.24, 2.45) is 0 Å². The summed E-state index contributed by atoms with van der Waals surface area (Å²) in [6, 6.07) is 5.84. The van der Waals surface area contributed by atoms with Crippen molar-refractivity contribution in [3.8, 4) is 0 Å². The number of rotatable bonds is 5. The van der Waals surface area contributed by atoms with E-state index in [1.54, 1.807) is 6.20 Å². The van der Waals surface area contributed by atoms with E-state index in [1.165, 1.54) is 0 Å². The number of pyridine rings is 1. The molecule has 15 heavy (non-hydrogen) atoms. The SMILES string of the molecule is CCNC(=O)CNC(C)c1ccccn1. The van der Waals surface area contributed by atoms with Crippen LogP contribution in [0.1, 0.15) is 25.6 Å². The highest BCUT2D eigenvalue weighted by Crippen LogP contribution is 2.06. The first-order valence-electron chi connectivity index (χ1n) is 5.15. The molecule has 1 rings (SSSR count). The van der Waals surface area contributed by atoms with Crippen molar-refractivity contribution in [2.45, 2.75) is 19.9 Å². The summed E-state index contributed by atoms with van der Waals surface area (Å²) in [5, 5.41) is 5.84. The molecule has 1 aromatic heterocycles. The second kappa shape index (κ2) is 6.14. The zero-order chi connectivity index (χ0) is 11.1. The predicted molar refractivity (Wildman–Crippen MR) is 59.3 cm³/mol. The van der Waals surface area contributed by atoms with Gasteiger partial charge in [-0.1, -0.05) is 6.07 Å². The van der Waals surface area contributed by atoms with Crippen LogP contribution in [-0.4, -0.2) is 24.0 Å². The zero-order valence-corrected chi connectivity index (χ0v) is 9.16. The third kappa shape index (κ3) is 4.08. The molecule has 0 aromatic carbocycles. The Labute approximate surface area is 90.1 Å². The Balaban J connectivity index is 2.37. The average molecular weight is 207 g/mol. The van der Waals surface area contributed by atoms with Gasteiger partial charge in [-0.2, -0.15) is 0 Å². The minimum absolute atomic E-state index is 0.0141. The number of carbonyl (C=O) groups is 1. The van der Waals surface area contributed by atoms with Gasteiger partial charge in [-0.15, -0.1) is 0 Å². The molecule has 0 aliphatic carbocycles.